The summed E-state index contributed by atoms with van der Waals surface area (Å²) in [5, 5.41) is 11.0. The number of amides is 4. The number of hydrogen-bond acceptors (Lipinski definition) is 4. The van der Waals surface area contributed by atoms with Crippen molar-refractivity contribution in [3.05, 3.63) is 0 Å². The molecule has 0 atom stereocenters. The van der Waals surface area contributed by atoms with Gasteiger partial charge < -0.3 is 14.9 Å². The third-order valence-corrected chi connectivity index (χ3v) is 3.11. The number of rotatable bonds is 4. The molecule has 0 radical (unpaired) electrons. The second-order valence-electron chi connectivity index (χ2n) is 5.12. The van der Waals surface area contributed by atoms with Crippen LogP contribution in [0.2, 0.25) is 0 Å². The summed E-state index contributed by atoms with van der Waals surface area (Å²) < 4.78 is 0. The van der Waals surface area contributed by atoms with E-state index in [4.69, 9.17) is 5.11 Å². The first-order valence-corrected chi connectivity index (χ1v) is 6.32. The van der Waals surface area contributed by atoms with Gasteiger partial charge in [0, 0.05) is 6.54 Å². The highest BCUT2D eigenvalue weighted by molar-refractivity contribution is 6.06. The number of nitrogens with zero attached hydrogens (tertiary/aromatic N) is 2. The fraction of sp³-hybridized carbons (Fsp3) is 0.667. The monoisotopic (exact) mass is 285 g/mol. The Labute approximate surface area is 116 Å². The van der Waals surface area contributed by atoms with Crippen LogP contribution in [0.25, 0.3) is 0 Å². The van der Waals surface area contributed by atoms with Gasteiger partial charge in [0.25, 0.3) is 5.91 Å². The molecule has 112 valence electrons. The van der Waals surface area contributed by atoms with Crippen molar-refractivity contribution in [2.45, 2.75) is 32.7 Å². The van der Waals surface area contributed by atoms with Crippen LogP contribution in [0.1, 0.15) is 27.2 Å². The molecule has 1 fully saturated rings. The number of carboxylic acid groups (broad SMARTS) is 1. The molecular weight excluding hydrogens is 266 g/mol. The Kier molecular flexibility index (Phi) is 4.69. The van der Waals surface area contributed by atoms with Gasteiger partial charge in [-0.05, 0) is 20.3 Å². The molecule has 0 saturated carbocycles. The number of piperazine rings is 1. The molecule has 2 N–H and O–H groups in total. The lowest BCUT2D eigenvalue weighted by molar-refractivity contribution is -0.143. The van der Waals surface area contributed by atoms with E-state index in [1.807, 2.05) is 0 Å². The number of aliphatic carboxylic acids is 1. The number of urea groups is 1. The molecular formula is C12H19N3O5. The molecule has 1 aliphatic rings. The number of imide groups is 1. The Morgan fingerprint density at radius 2 is 2.00 bits per heavy atom. The highest BCUT2D eigenvalue weighted by Gasteiger charge is 2.44. The van der Waals surface area contributed by atoms with Crippen LogP contribution in [-0.4, -0.2) is 63.9 Å². The maximum atomic E-state index is 12.4. The Morgan fingerprint density at radius 3 is 2.50 bits per heavy atom. The van der Waals surface area contributed by atoms with Crippen molar-refractivity contribution in [1.82, 2.24) is 15.1 Å². The van der Waals surface area contributed by atoms with Crippen molar-refractivity contribution in [1.29, 1.82) is 0 Å². The van der Waals surface area contributed by atoms with Crippen LogP contribution in [0.4, 0.5) is 4.79 Å². The zero-order valence-corrected chi connectivity index (χ0v) is 11.8. The second-order valence-corrected chi connectivity index (χ2v) is 5.12. The molecule has 1 rings (SSSR count). The smallest absolute Gasteiger partial charge is 0.323 e. The summed E-state index contributed by atoms with van der Waals surface area (Å²) in [6.45, 7) is 4.34. The third-order valence-electron chi connectivity index (χ3n) is 3.11. The lowest BCUT2D eigenvalue weighted by Gasteiger charge is -2.42. The summed E-state index contributed by atoms with van der Waals surface area (Å²) in [5.41, 5.74) is -1.20. The SMILES string of the molecule is CCCN(CC(=O)O)C(=O)N1CC(=O)NC(=O)C1(C)C. The van der Waals surface area contributed by atoms with Gasteiger partial charge in [0.1, 0.15) is 18.6 Å². The number of carbonyl (C=O) groups excluding carboxylic acids is 3. The minimum Gasteiger partial charge on any atom is -0.480 e. The van der Waals surface area contributed by atoms with Gasteiger partial charge in [-0.25, -0.2) is 4.79 Å². The summed E-state index contributed by atoms with van der Waals surface area (Å²) in [6.07, 6.45) is 0.577. The molecule has 1 heterocycles. The Bertz CT molecular complexity index is 446. The summed E-state index contributed by atoms with van der Waals surface area (Å²) in [5.74, 6) is -2.29. The fourth-order valence-electron chi connectivity index (χ4n) is 1.94. The maximum Gasteiger partial charge on any atom is 0.323 e. The van der Waals surface area contributed by atoms with Crippen LogP contribution in [0.3, 0.4) is 0 Å². The van der Waals surface area contributed by atoms with E-state index in [0.717, 1.165) is 9.80 Å². The van der Waals surface area contributed by atoms with Gasteiger partial charge in [-0.2, -0.15) is 0 Å². The Morgan fingerprint density at radius 1 is 1.40 bits per heavy atom. The number of hydrogen-bond donors (Lipinski definition) is 2. The predicted molar refractivity (Wildman–Crippen MR) is 68.8 cm³/mol. The summed E-state index contributed by atoms with van der Waals surface area (Å²) in [6, 6.07) is -0.623. The van der Waals surface area contributed by atoms with Crippen molar-refractivity contribution in [3.8, 4) is 0 Å². The average molecular weight is 285 g/mol. The number of carbonyl (C=O) groups is 4. The molecule has 20 heavy (non-hydrogen) atoms. The minimum absolute atomic E-state index is 0.244. The first-order valence-electron chi connectivity index (χ1n) is 6.32. The van der Waals surface area contributed by atoms with Crippen LogP contribution in [0.15, 0.2) is 0 Å². The van der Waals surface area contributed by atoms with E-state index < -0.39 is 35.9 Å². The van der Waals surface area contributed by atoms with Gasteiger partial charge in [-0.3, -0.25) is 19.7 Å². The molecule has 0 bridgehead atoms. The number of carboxylic acids is 1. The zero-order valence-electron chi connectivity index (χ0n) is 11.8. The van der Waals surface area contributed by atoms with Crippen LogP contribution in [0.5, 0.6) is 0 Å². The first-order chi connectivity index (χ1) is 9.20. The van der Waals surface area contributed by atoms with E-state index in [9.17, 15) is 19.2 Å². The molecule has 4 amide bonds. The summed E-state index contributed by atoms with van der Waals surface area (Å²) in [7, 11) is 0. The standard InChI is InChI=1S/C12H19N3O5/c1-4-5-14(7-9(17)18)11(20)15-6-8(16)13-10(19)12(15,2)3/h4-7H2,1-3H3,(H,17,18)(H,13,16,19). The van der Waals surface area contributed by atoms with Gasteiger partial charge in [0.05, 0.1) is 0 Å². The van der Waals surface area contributed by atoms with Gasteiger partial charge in [-0.15, -0.1) is 0 Å². The van der Waals surface area contributed by atoms with Crippen LogP contribution < -0.4 is 5.32 Å². The van der Waals surface area contributed by atoms with Gasteiger partial charge in [0.2, 0.25) is 5.91 Å². The van der Waals surface area contributed by atoms with Gasteiger partial charge in [0.15, 0.2) is 0 Å². The van der Waals surface area contributed by atoms with Crippen molar-refractivity contribution in [2.24, 2.45) is 0 Å². The predicted octanol–water partition coefficient (Wildman–Crippen LogP) is -0.360. The largest absolute Gasteiger partial charge is 0.480 e. The summed E-state index contributed by atoms with van der Waals surface area (Å²) >= 11 is 0. The molecule has 1 aliphatic heterocycles. The topological polar surface area (TPSA) is 107 Å². The third kappa shape index (κ3) is 3.25. The molecule has 0 aliphatic carbocycles. The van der Waals surface area contributed by atoms with E-state index in [0.29, 0.717) is 6.42 Å². The molecule has 0 aromatic rings. The van der Waals surface area contributed by atoms with Crippen LogP contribution >= 0.6 is 0 Å². The van der Waals surface area contributed by atoms with Crippen molar-refractivity contribution in [3.63, 3.8) is 0 Å². The quantitative estimate of drug-likeness (QED) is 0.686. The molecule has 0 aromatic carbocycles. The van der Waals surface area contributed by atoms with Gasteiger partial charge >= 0.3 is 12.0 Å². The first kappa shape index (κ1) is 15.9. The zero-order chi connectivity index (χ0) is 15.5. The van der Waals surface area contributed by atoms with E-state index in [2.05, 4.69) is 5.32 Å². The van der Waals surface area contributed by atoms with Crippen molar-refractivity contribution >= 4 is 23.8 Å². The Hall–Kier alpha value is -2.12. The highest BCUT2D eigenvalue weighted by atomic mass is 16.4. The second kappa shape index (κ2) is 5.89. The normalized spacial score (nSPS) is 17.6. The van der Waals surface area contributed by atoms with E-state index >= 15 is 0 Å². The molecule has 8 nitrogen and oxygen atoms in total. The molecule has 0 spiro atoms. The van der Waals surface area contributed by atoms with Crippen molar-refractivity contribution < 1.29 is 24.3 Å². The average Bonchev–Trinajstić information content (AvgIpc) is 2.32. The molecule has 0 unspecified atom stereocenters. The minimum atomic E-state index is -1.20. The van der Waals surface area contributed by atoms with E-state index in [1.165, 1.54) is 13.8 Å². The van der Waals surface area contributed by atoms with E-state index in [1.54, 1.807) is 6.92 Å². The van der Waals surface area contributed by atoms with Crippen molar-refractivity contribution in [2.75, 3.05) is 19.6 Å². The van der Waals surface area contributed by atoms with Gasteiger partial charge in [-0.1, -0.05) is 6.92 Å². The number of nitrogens with one attached hydrogen (secondary N) is 1. The van der Waals surface area contributed by atoms with Crippen LogP contribution in [0, 0.1) is 0 Å². The summed E-state index contributed by atoms with van der Waals surface area (Å²) in [4.78, 5) is 48.6. The maximum absolute atomic E-state index is 12.4. The fourth-order valence-corrected chi connectivity index (χ4v) is 1.94. The molecule has 8 heteroatoms. The lowest BCUT2D eigenvalue weighted by atomic mass is 9.99. The highest BCUT2D eigenvalue weighted by Crippen LogP contribution is 2.20. The molecule has 0 aromatic heterocycles. The van der Waals surface area contributed by atoms with E-state index in [-0.39, 0.29) is 13.1 Å². The Balaban J connectivity index is 2.98. The van der Waals surface area contributed by atoms with Crippen LogP contribution in [-0.2, 0) is 14.4 Å². The lowest BCUT2D eigenvalue weighted by Crippen LogP contribution is -2.67. The molecule has 1 saturated heterocycles.